The molecular weight excluding hydrogens is 338 g/mol. The van der Waals surface area contributed by atoms with Crippen LogP contribution in [-0.4, -0.2) is 16.8 Å². The van der Waals surface area contributed by atoms with Gasteiger partial charge in [0.25, 0.3) is 5.91 Å². The molecule has 0 aliphatic heterocycles. The van der Waals surface area contributed by atoms with E-state index in [0.717, 1.165) is 16.5 Å². The highest BCUT2D eigenvalue weighted by Gasteiger charge is 2.13. The molecule has 0 spiro atoms. The van der Waals surface area contributed by atoms with Crippen LogP contribution in [0.1, 0.15) is 35.5 Å². The Morgan fingerprint density at radius 3 is 2.15 bits per heavy atom. The molecule has 3 rings (SSSR count). The van der Waals surface area contributed by atoms with Gasteiger partial charge in [-0.3, -0.25) is 14.6 Å². The smallest absolute Gasteiger partial charge is 0.257 e. The number of fused-ring (bicyclic) bond motifs is 1. The number of nitrogens with zero attached hydrogens (tertiary/aromatic N) is 1. The predicted octanol–water partition coefficient (Wildman–Crippen LogP) is 4.70. The average Bonchev–Trinajstić information content (AvgIpc) is 2.62. The second-order valence-electron chi connectivity index (χ2n) is 6.99. The maximum atomic E-state index is 12.7. The van der Waals surface area contributed by atoms with Gasteiger partial charge in [-0.1, -0.05) is 26.0 Å². The van der Waals surface area contributed by atoms with Gasteiger partial charge in [0, 0.05) is 22.7 Å². The maximum Gasteiger partial charge on any atom is 0.257 e. The summed E-state index contributed by atoms with van der Waals surface area (Å²) >= 11 is 0. The van der Waals surface area contributed by atoms with E-state index in [1.165, 1.54) is 0 Å². The summed E-state index contributed by atoms with van der Waals surface area (Å²) in [5.41, 5.74) is 4.61. The van der Waals surface area contributed by atoms with Gasteiger partial charge in [0.05, 0.1) is 16.8 Å². The van der Waals surface area contributed by atoms with Crippen molar-refractivity contribution in [3.8, 4) is 0 Å². The van der Waals surface area contributed by atoms with Crippen molar-refractivity contribution in [2.24, 2.45) is 5.92 Å². The number of benzene rings is 2. The molecule has 0 radical (unpaired) electrons. The molecule has 0 aliphatic rings. The third kappa shape index (κ3) is 4.31. The molecule has 1 heterocycles. The third-order valence-corrected chi connectivity index (χ3v) is 4.34. The van der Waals surface area contributed by atoms with Crippen molar-refractivity contribution < 1.29 is 9.59 Å². The highest BCUT2D eigenvalue weighted by atomic mass is 16.2. The van der Waals surface area contributed by atoms with E-state index in [2.05, 4.69) is 15.6 Å². The van der Waals surface area contributed by atoms with Gasteiger partial charge in [-0.15, -0.1) is 0 Å². The van der Waals surface area contributed by atoms with Crippen molar-refractivity contribution >= 4 is 34.1 Å². The summed E-state index contributed by atoms with van der Waals surface area (Å²) < 4.78 is 0. The van der Waals surface area contributed by atoms with E-state index in [4.69, 9.17) is 0 Å². The quantitative estimate of drug-likeness (QED) is 0.708. The Kier molecular flexibility index (Phi) is 5.21. The largest absolute Gasteiger partial charge is 0.326 e. The summed E-state index contributed by atoms with van der Waals surface area (Å²) in [7, 11) is 0. The van der Waals surface area contributed by atoms with Crippen molar-refractivity contribution in [1.82, 2.24) is 4.98 Å². The molecule has 5 heteroatoms. The first-order valence-corrected chi connectivity index (χ1v) is 8.94. The first-order valence-electron chi connectivity index (χ1n) is 8.94. The second-order valence-corrected chi connectivity index (χ2v) is 6.99. The molecule has 0 bridgehead atoms. The minimum absolute atomic E-state index is 0.0418. The Morgan fingerprint density at radius 1 is 0.889 bits per heavy atom. The molecule has 0 unspecified atom stereocenters. The van der Waals surface area contributed by atoms with Gasteiger partial charge in [0.1, 0.15) is 0 Å². The molecule has 2 aromatic carbocycles. The molecular formula is C22H23N3O2. The van der Waals surface area contributed by atoms with Crippen molar-refractivity contribution in [3.63, 3.8) is 0 Å². The molecule has 27 heavy (non-hydrogen) atoms. The number of rotatable bonds is 4. The zero-order valence-electron chi connectivity index (χ0n) is 16.0. The van der Waals surface area contributed by atoms with E-state index >= 15 is 0 Å². The van der Waals surface area contributed by atoms with Crippen molar-refractivity contribution in [2.45, 2.75) is 27.7 Å². The van der Waals surface area contributed by atoms with Crippen LogP contribution in [0, 0.1) is 19.8 Å². The highest BCUT2D eigenvalue weighted by molar-refractivity contribution is 6.07. The minimum atomic E-state index is -0.207. The number of aryl methyl sites for hydroxylation is 2. The molecule has 2 amide bonds. The van der Waals surface area contributed by atoms with Crippen molar-refractivity contribution in [2.75, 3.05) is 10.6 Å². The molecule has 138 valence electrons. The standard InChI is InChI=1S/C22H23N3O2/c1-13(2)21(26)24-17-7-9-18(10-8-17)25-22(27)19-12-16-6-5-14(3)11-20(16)23-15(19)4/h5-13H,1-4H3,(H,24,26)(H,25,27). The fourth-order valence-electron chi connectivity index (χ4n) is 2.73. The number of aromatic nitrogens is 1. The lowest BCUT2D eigenvalue weighted by Crippen LogP contribution is -2.18. The van der Waals surface area contributed by atoms with E-state index in [0.29, 0.717) is 22.6 Å². The predicted molar refractivity (Wildman–Crippen MR) is 109 cm³/mol. The summed E-state index contributed by atoms with van der Waals surface area (Å²) in [6.07, 6.45) is 0. The van der Waals surface area contributed by atoms with Crippen molar-refractivity contribution in [3.05, 3.63) is 65.4 Å². The molecule has 0 aliphatic carbocycles. The number of amides is 2. The Labute approximate surface area is 158 Å². The van der Waals surface area contributed by atoms with Gasteiger partial charge in [-0.25, -0.2) is 0 Å². The number of carbonyl (C=O) groups is 2. The van der Waals surface area contributed by atoms with Crippen LogP contribution < -0.4 is 10.6 Å². The van der Waals surface area contributed by atoms with E-state index in [9.17, 15) is 9.59 Å². The number of pyridine rings is 1. The SMILES string of the molecule is Cc1ccc2cc(C(=O)Nc3ccc(NC(=O)C(C)C)cc3)c(C)nc2c1. The second kappa shape index (κ2) is 7.58. The lowest BCUT2D eigenvalue weighted by molar-refractivity contribution is -0.118. The van der Waals surface area contributed by atoms with Crippen LogP contribution in [0.5, 0.6) is 0 Å². The fourth-order valence-corrected chi connectivity index (χ4v) is 2.73. The highest BCUT2D eigenvalue weighted by Crippen LogP contribution is 2.20. The number of nitrogens with one attached hydrogen (secondary N) is 2. The van der Waals surface area contributed by atoms with Crippen LogP contribution in [-0.2, 0) is 4.79 Å². The fraction of sp³-hybridized carbons (Fsp3) is 0.227. The third-order valence-electron chi connectivity index (χ3n) is 4.34. The maximum absolute atomic E-state index is 12.7. The topological polar surface area (TPSA) is 71.1 Å². The lowest BCUT2D eigenvalue weighted by Gasteiger charge is -2.11. The lowest BCUT2D eigenvalue weighted by atomic mass is 10.1. The molecule has 5 nitrogen and oxygen atoms in total. The monoisotopic (exact) mass is 361 g/mol. The van der Waals surface area contributed by atoms with Gasteiger partial charge in [-0.05, 0) is 55.8 Å². The van der Waals surface area contributed by atoms with Crippen LogP contribution in [0.3, 0.4) is 0 Å². The number of anilines is 2. The van der Waals surface area contributed by atoms with Crippen molar-refractivity contribution in [1.29, 1.82) is 0 Å². The number of hydrogen-bond acceptors (Lipinski definition) is 3. The van der Waals surface area contributed by atoms with Crippen LogP contribution >= 0.6 is 0 Å². The summed E-state index contributed by atoms with van der Waals surface area (Å²) in [6, 6.07) is 14.9. The molecule has 1 aromatic heterocycles. The van der Waals surface area contributed by atoms with Crippen LogP contribution in [0.4, 0.5) is 11.4 Å². The molecule has 0 saturated carbocycles. The van der Waals surface area contributed by atoms with E-state index < -0.39 is 0 Å². The summed E-state index contributed by atoms with van der Waals surface area (Å²) in [5.74, 6) is -0.335. The first-order chi connectivity index (χ1) is 12.8. The van der Waals surface area contributed by atoms with E-state index in [-0.39, 0.29) is 17.7 Å². The first kappa shape index (κ1) is 18.6. The van der Waals surface area contributed by atoms with Gasteiger partial charge < -0.3 is 10.6 Å². The van der Waals surface area contributed by atoms with Crippen LogP contribution in [0.2, 0.25) is 0 Å². The zero-order chi connectivity index (χ0) is 19.6. The molecule has 0 atom stereocenters. The molecule has 2 N–H and O–H groups in total. The average molecular weight is 361 g/mol. The van der Waals surface area contributed by atoms with E-state index in [1.807, 2.05) is 52.0 Å². The Morgan fingerprint density at radius 2 is 1.52 bits per heavy atom. The normalized spacial score (nSPS) is 10.9. The Hall–Kier alpha value is -3.21. The summed E-state index contributed by atoms with van der Waals surface area (Å²) in [4.78, 5) is 29.0. The van der Waals surface area contributed by atoms with E-state index in [1.54, 1.807) is 24.3 Å². The number of hydrogen-bond donors (Lipinski definition) is 2. The van der Waals surface area contributed by atoms with Gasteiger partial charge in [-0.2, -0.15) is 0 Å². The van der Waals surface area contributed by atoms with Gasteiger partial charge >= 0.3 is 0 Å². The minimum Gasteiger partial charge on any atom is -0.326 e. The zero-order valence-corrected chi connectivity index (χ0v) is 16.0. The molecule has 3 aromatic rings. The van der Waals surface area contributed by atoms with Gasteiger partial charge in [0.15, 0.2) is 0 Å². The summed E-state index contributed by atoms with van der Waals surface area (Å²) in [6.45, 7) is 7.53. The summed E-state index contributed by atoms with van der Waals surface area (Å²) in [5, 5.41) is 6.65. The number of carbonyl (C=O) groups excluding carboxylic acids is 2. The Bertz CT molecular complexity index is 1010. The van der Waals surface area contributed by atoms with Crippen LogP contribution in [0.15, 0.2) is 48.5 Å². The molecule has 0 fully saturated rings. The molecule has 0 saturated heterocycles. The van der Waals surface area contributed by atoms with Gasteiger partial charge in [0.2, 0.25) is 5.91 Å². The Balaban J connectivity index is 1.77. The van der Waals surface area contributed by atoms with Crippen LogP contribution in [0.25, 0.3) is 10.9 Å².